The van der Waals surface area contributed by atoms with Gasteiger partial charge in [0.2, 0.25) is 0 Å². The van der Waals surface area contributed by atoms with Crippen molar-refractivity contribution in [3.8, 4) is 0 Å². The molecule has 0 saturated heterocycles. The number of hydrogen-bond donors (Lipinski definition) is 0. The molecule has 0 aliphatic rings. The van der Waals surface area contributed by atoms with Gasteiger partial charge in [0.15, 0.2) is 5.65 Å². The van der Waals surface area contributed by atoms with E-state index in [0.717, 1.165) is 35.8 Å². The van der Waals surface area contributed by atoms with Crippen LogP contribution in [0.2, 0.25) is 0 Å². The lowest BCUT2D eigenvalue weighted by atomic mass is 10.2. The predicted molar refractivity (Wildman–Crippen MR) is 87.2 cm³/mol. The summed E-state index contributed by atoms with van der Waals surface area (Å²) in [7, 11) is 4.07. The molecule has 116 valence electrons. The number of nitrogens with zero attached hydrogens (tertiary/aromatic N) is 6. The first-order valence-electron chi connectivity index (χ1n) is 7.55. The van der Waals surface area contributed by atoms with E-state index < -0.39 is 0 Å². The van der Waals surface area contributed by atoms with E-state index in [0.29, 0.717) is 0 Å². The number of anilines is 1. The molecule has 0 saturated carbocycles. The third-order valence-corrected chi connectivity index (χ3v) is 4.20. The standard InChI is InChI=1S/C16H22N6/c1-6-13-9-16(22-15(18-13)7-8-17-22)20(4)10-14-11(2)19-21(5)12(14)3/h7-9H,6,10H2,1-5H3. The Kier molecular flexibility index (Phi) is 3.60. The van der Waals surface area contributed by atoms with Crippen molar-refractivity contribution in [2.24, 2.45) is 7.05 Å². The van der Waals surface area contributed by atoms with E-state index in [1.807, 2.05) is 22.3 Å². The second-order valence-electron chi connectivity index (χ2n) is 5.69. The smallest absolute Gasteiger partial charge is 0.157 e. The van der Waals surface area contributed by atoms with Gasteiger partial charge in [-0.15, -0.1) is 0 Å². The van der Waals surface area contributed by atoms with Crippen LogP contribution < -0.4 is 4.90 Å². The highest BCUT2D eigenvalue weighted by molar-refractivity contribution is 5.51. The fraction of sp³-hybridized carbons (Fsp3) is 0.438. The minimum atomic E-state index is 0.799. The summed E-state index contributed by atoms with van der Waals surface area (Å²) in [4.78, 5) is 6.81. The first-order valence-corrected chi connectivity index (χ1v) is 7.55. The van der Waals surface area contributed by atoms with Gasteiger partial charge in [0.05, 0.1) is 11.9 Å². The topological polar surface area (TPSA) is 51.2 Å². The van der Waals surface area contributed by atoms with Crippen LogP contribution in [0, 0.1) is 13.8 Å². The minimum Gasteiger partial charge on any atom is -0.355 e. The number of aryl methyl sites for hydroxylation is 3. The summed E-state index contributed by atoms with van der Waals surface area (Å²) in [6.07, 6.45) is 2.70. The van der Waals surface area contributed by atoms with Crippen molar-refractivity contribution >= 4 is 11.5 Å². The lowest BCUT2D eigenvalue weighted by Crippen LogP contribution is -2.21. The van der Waals surface area contributed by atoms with Crippen LogP contribution in [0.4, 0.5) is 5.82 Å². The molecule has 0 bridgehead atoms. The fourth-order valence-corrected chi connectivity index (χ4v) is 2.76. The molecule has 0 aliphatic carbocycles. The maximum Gasteiger partial charge on any atom is 0.157 e. The Morgan fingerprint density at radius 3 is 2.68 bits per heavy atom. The van der Waals surface area contributed by atoms with Gasteiger partial charge in [-0.05, 0) is 20.3 Å². The molecule has 3 aromatic rings. The zero-order valence-electron chi connectivity index (χ0n) is 13.8. The molecular formula is C16H22N6. The third kappa shape index (κ3) is 2.34. The van der Waals surface area contributed by atoms with Gasteiger partial charge in [-0.3, -0.25) is 4.68 Å². The first-order chi connectivity index (χ1) is 10.5. The molecule has 0 aliphatic heterocycles. The highest BCUT2D eigenvalue weighted by Gasteiger charge is 2.15. The summed E-state index contributed by atoms with van der Waals surface area (Å²) in [5.41, 5.74) is 5.51. The summed E-state index contributed by atoms with van der Waals surface area (Å²) >= 11 is 0. The summed E-state index contributed by atoms with van der Waals surface area (Å²) in [5, 5.41) is 8.90. The molecule has 3 rings (SSSR count). The lowest BCUT2D eigenvalue weighted by Gasteiger charge is -2.21. The Hall–Kier alpha value is -2.37. The molecule has 22 heavy (non-hydrogen) atoms. The average Bonchev–Trinajstić information content (AvgIpc) is 3.06. The second kappa shape index (κ2) is 5.44. The van der Waals surface area contributed by atoms with E-state index in [4.69, 9.17) is 0 Å². The molecule has 3 aromatic heterocycles. The normalized spacial score (nSPS) is 11.3. The van der Waals surface area contributed by atoms with Crippen LogP contribution in [-0.4, -0.2) is 31.4 Å². The Labute approximate surface area is 130 Å². The number of rotatable bonds is 4. The molecule has 0 amide bonds. The molecule has 0 spiro atoms. The molecule has 0 atom stereocenters. The Balaban J connectivity index is 2.01. The van der Waals surface area contributed by atoms with Crippen LogP contribution >= 0.6 is 0 Å². The van der Waals surface area contributed by atoms with E-state index in [2.05, 4.69) is 54.0 Å². The Morgan fingerprint density at radius 2 is 2.05 bits per heavy atom. The average molecular weight is 298 g/mol. The van der Waals surface area contributed by atoms with Gasteiger partial charge in [-0.2, -0.15) is 14.7 Å². The summed E-state index contributed by atoms with van der Waals surface area (Å²) in [6.45, 7) is 7.09. The number of hydrogen-bond acceptors (Lipinski definition) is 4. The summed E-state index contributed by atoms with van der Waals surface area (Å²) < 4.78 is 3.83. The molecule has 6 heteroatoms. The van der Waals surface area contributed by atoms with Crippen LogP contribution in [-0.2, 0) is 20.0 Å². The van der Waals surface area contributed by atoms with Crippen molar-refractivity contribution in [1.82, 2.24) is 24.4 Å². The number of aromatic nitrogens is 5. The molecule has 0 unspecified atom stereocenters. The highest BCUT2D eigenvalue weighted by Crippen LogP contribution is 2.21. The van der Waals surface area contributed by atoms with E-state index in [1.165, 1.54) is 11.3 Å². The van der Waals surface area contributed by atoms with E-state index in [1.54, 1.807) is 6.20 Å². The molecule has 6 nitrogen and oxygen atoms in total. The Morgan fingerprint density at radius 1 is 1.27 bits per heavy atom. The van der Waals surface area contributed by atoms with E-state index in [-0.39, 0.29) is 0 Å². The molecule has 0 radical (unpaired) electrons. The van der Waals surface area contributed by atoms with Crippen LogP contribution in [0.25, 0.3) is 5.65 Å². The molecule has 0 fully saturated rings. The third-order valence-electron chi connectivity index (χ3n) is 4.20. The SMILES string of the molecule is CCc1cc(N(C)Cc2c(C)nn(C)c2C)n2nccc2n1. The van der Waals surface area contributed by atoms with Crippen molar-refractivity contribution in [2.75, 3.05) is 11.9 Å². The van der Waals surface area contributed by atoms with Crippen LogP contribution in [0.15, 0.2) is 18.3 Å². The van der Waals surface area contributed by atoms with Gasteiger partial charge < -0.3 is 4.90 Å². The maximum absolute atomic E-state index is 4.60. The van der Waals surface area contributed by atoms with Gasteiger partial charge in [0, 0.05) is 49.7 Å². The predicted octanol–water partition coefficient (Wildman–Crippen LogP) is 2.28. The van der Waals surface area contributed by atoms with Gasteiger partial charge in [0.25, 0.3) is 0 Å². The monoisotopic (exact) mass is 298 g/mol. The van der Waals surface area contributed by atoms with Crippen molar-refractivity contribution in [1.29, 1.82) is 0 Å². The first kappa shape index (κ1) is 14.6. The van der Waals surface area contributed by atoms with E-state index in [9.17, 15) is 0 Å². The largest absolute Gasteiger partial charge is 0.355 e. The summed E-state index contributed by atoms with van der Waals surface area (Å²) in [5.74, 6) is 1.05. The van der Waals surface area contributed by atoms with Gasteiger partial charge >= 0.3 is 0 Å². The number of fused-ring (bicyclic) bond motifs is 1. The van der Waals surface area contributed by atoms with E-state index >= 15 is 0 Å². The van der Waals surface area contributed by atoms with Crippen molar-refractivity contribution < 1.29 is 0 Å². The van der Waals surface area contributed by atoms with Crippen molar-refractivity contribution in [3.05, 3.63) is 41.0 Å². The van der Waals surface area contributed by atoms with Crippen molar-refractivity contribution in [2.45, 2.75) is 33.7 Å². The minimum absolute atomic E-state index is 0.799. The quantitative estimate of drug-likeness (QED) is 0.741. The lowest BCUT2D eigenvalue weighted by molar-refractivity contribution is 0.729. The molecule has 0 aromatic carbocycles. The zero-order valence-corrected chi connectivity index (χ0v) is 13.8. The molecule has 3 heterocycles. The van der Waals surface area contributed by atoms with Gasteiger partial charge in [0.1, 0.15) is 5.82 Å². The zero-order chi connectivity index (χ0) is 15.9. The second-order valence-corrected chi connectivity index (χ2v) is 5.69. The van der Waals surface area contributed by atoms with Gasteiger partial charge in [-0.25, -0.2) is 4.98 Å². The van der Waals surface area contributed by atoms with Crippen molar-refractivity contribution in [3.63, 3.8) is 0 Å². The van der Waals surface area contributed by atoms with Crippen LogP contribution in [0.1, 0.15) is 29.6 Å². The van der Waals surface area contributed by atoms with Crippen LogP contribution in [0.3, 0.4) is 0 Å². The van der Waals surface area contributed by atoms with Gasteiger partial charge in [-0.1, -0.05) is 6.92 Å². The molecule has 0 N–H and O–H groups in total. The Bertz CT molecular complexity index is 814. The maximum atomic E-state index is 4.60. The molecular weight excluding hydrogens is 276 g/mol. The van der Waals surface area contributed by atoms with Crippen LogP contribution in [0.5, 0.6) is 0 Å². The fourth-order valence-electron chi connectivity index (χ4n) is 2.76. The summed E-state index contributed by atoms with van der Waals surface area (Å²) in [6, 6.07) is 4.05. The highest BCUT2D eigenvalue weighted by atomic mass is 15.3.